The summed E-state index contributed by atoms with van der Waals surface area (Å²) in [4.78, 5) is 22.9. The maximum Gasteiger partial charge on any atom is 0.318 e. The maximum atomic E-state index is 11.3. The zero-order valence-corrected chi connectivity index (χ0v) is 13.0. The zero-order valence-electron chi connectivity index (χ0n) is 11.4. The van der Waals surface area contributed by atoms with E-state index in [9.17, 15) is 9.59 Å². The topological polar surface area (TPSA) is 103 Å². The van der Waals surface area contributed by atoms with Crippen LogP contribution in [0.3, 0.4) is 0 Å². The molecule has 2 aromatic rings. The second-order valence-electron chi connectivity index (χ2n) is 4.04. The van der Waals surface area contributed by atoms with Crippen LogP contribution < -0.4 is 11.1 Å². The number of aromatic nitrogens is 3. The third-order valence-corrected chi connectivity index (χ3v) is 4.43. The van der Waals surface area contributed by atoms with E-state index in [0.29, 0.717) is 5.75 Å². The molecule has 3 N–H and O–H groups in total. The van der Waals surface area contributed by atoms with Crippen molar-refractivity contribution in [3.8, 4) is 10.7 Å². The maximum absolute atomic E-state index is 11.3. The Labute approximate surface area is 129 Å². The number of nitrogens with two attached hydrogens (primary N) is 1. The lowest BCUT2D eigenvalue weighted by Gasteiger charge is -2.05. The first-order chi connectivity index (χ1) is 10.1. The van der Waals surface area contributed by atoms with Crippen LogP contribution in [0.2, 0.25) is 0 Å². The predicted octanol–water partition coefficient (Wildman–Crippen LogP) is 1.70. The van der Waals surface area contributed by atoms with Crippen molar-refractivity contribution in [3.63, 3.8) is 0 Å². The minimum atomic E-state index is -0.832. The number of nitrogens with zero attached hydrogens (tertiary/aromatic N) is 3. The second kappa shape index (κ2) is 7.23. The number of amides is 3. The number of carbonyl (C=O) groups excluding carboxylic acids is 2. The number of urea groups is 1. The third-order valence-electron chi connectivity index (χ3n) is 2.60. The molecule has 7 nitrogen and oxygen atoms in total. The Bertz CT molecular complexity index is 624. The molecule has 9 heteroatoms. The summed E-state index contributed by atoms with van der Waals surface area (Å²) in [5.41, 5.74) is 4.88. The van der Waals surface area contributed by atoms with Crippen molar-refractivity contribution >= 4 is 35.0 Å². The van der Waals surface area contributed by atoms with Crippen LogP contribution in [0, 0.1) is 0 Å². The second-order valence-corrected chi connectivity index (χ2v) is 6.05. The minimum absolute atomic E-state index is 0.193. The van der Waals surface area contributed by atoms with Gasteiger partial charge in [0.15, 0.2) is 11.0 Å². The summed E-state index contributed by atoms with van der Waals surface area (Å²) in [6.45, 7) is 2.76. The van der Waals surface area contributed by atoms with Crippen LogP contribution in [0.4, 0.5) is 4.79 Å². The fourth-order valence-corrected chi connectivity index (χ4v) is 3.36. The van der Waals surface area contributed by atoms with Crippen LogP contribution in [0.15, 0.2) is 22.7 Å². The molecule has 0 aromatic carbocycles. The lowest BCUT2D eigenvalue weighted by atomic mass is 10.4. The van der Waals surface area contributed by atoms with Crippen molar-refractivity contribution < 1.29 is 9.59 Å². The van der Waals surface area contributed by atoms with Gasteiger partial charge in [0.05, 0.1) is 4.88 Å². The highest BCUT2D eigenvalue weighted by Gasteiger charge is 2.14. The summed E-state index contributed by atoms with van der Waals surface area (Å²) in [5.74, 6) is 0.939. The highest BCUT2D eigenvalue weighted by atomic mass is 32.2. The third kappa shape index (κ3) is 4.05. The molecular weight excluding hydrogens is 310 g/mol. The molecule has 0 aliphatic rings. The van der Waals surface area contributed by atoms with E-state index in [1.165, 1.54) is 11.8 Å². The summed E-state index contributed by atoms with van der Waals surface area (Å²) in [5, 5.41) is 13.1. The molecule has 0 spiro atoms. The Kier molecular flexibility index (Phi) is 5.34. The van der Waals surface area contributed by atoms with Gasteiger partial charge in [-0.05, 0) is 18.4 Å². The average Bonchev–Trinajstić information content (AvgIpc) is 3.05. The largest absolute Gasteiger partial charge is 0.351 e. The highest BCUT2D eigenvalue weighted by Crippen LogP contribution is 2.27. The average molecular weight is 325 g/mol. The van der Waals surface area contributed by atoms with E-state index in [0.717, 1.165) is 22.4 Å². The SMILES string of the molecule is CCn1c(SCCC(=O)NC(N)=O)nnc1-c1cccs1. The molecule has 21 heavy (non-hydrogen) atoms. The monoisotopic (exact) mass is 325 g/mol. The number of hydrogen-bond donors (Lipinski definition) is 2. The van der Waals surface area contributed by atoms with Crippen LogP contribution in [0.1, 0.15) is 13.3 Å². The smallest absolute Gasteiger partial charge is 0.318 e. The predicted molar refractivity (Wildman–Crippen MR) is 82.1 cm³/mol. The highest BCUT2D eigenvalue weighted by molar-refractivity contribution is 7.99. The number of nitrogens with one attached hydrogen (secondary N) is 1. The molecule has 0 radical (unpaired) electrons. The molecule has 2 aromatic heterocycles. The van der Waals surface area contributed by atoms with Gasteiger partial charge in [-0.1, -0.05) is 17.8 Å². The molecule has 3 amide bonds. The van der Waals surface area contributed by atoms with E-state index in [1.54, 1.807) is 11.3 Å². The van der Waals surface area contributed by atoms with Crippen LogP contribution in [-0.2, 0) is 11.3 Å². The number of thiophene rings is 1. The molecule has 0 saturated carbocycles. The van der Waals surface area contributed by atoms with Crippen molar-refractivity contribution in [2.75, 3.05) is 5.75 Å². The summed E-state index contributed by atoms with van der Waals surface area (Å²) in [7, 11) is 0. The molecule has 2 heterocycles. The number of rotatable bonds is 6. The van der Waals surface area contributed by atoms with Gasteiger partial charge in [0.2, 0.25) is 5.91 Å². The van der Waals surface area contributed by atoms with Crippen LogP contribution in [0.5, 0.6) is 0 Å². The molecule has 2 rings (SSSR count). The van der Waals surface area contributed by atoms with Gasteiger partial charge in [-0.3, -0.25) is 10.1 Å². The molecule has 0 aliphatic heterocycles. The van der Waals surface area contributed by atoms with Crippen molar-refractivity contribution in [2.45, 2.75) is 25.0 Å². The van der Waals surface area contributed by atoms with Crippen LogP contribution >= 0.6 is 23.1 Å². The summed E-state index contributed by atoms with van der Waals surface area (Å²) >= 11 is 3.03. The number of carbonyl (C=O) groups is 2. The first kappa shape index (κ1) is 15.5. The molecule has 0 unspecified atom stereocenters. The standard InChI is InChI=1S/C12H15N5O2S2/c1-2-17-10(8-4-3-6-20-8)15-16-12(17)21-7-5-9(18)14-11(13)19/h3-4,6H,2,5,7H2,1H3,(H3,13,14,18,19). The first-order valence-electron chi connectivity index (χ1n) is 6.31. The minimum Gasteiger partial charge on any atom is -0.351 e. The number of hydrogen-bond acceptors (Lipinski definition) is 6. The van der Waals surface area contributed by atoms with Gasteiger partial charge in [0.1, 0.15) is 0 Å². The lowest BCUT2D eigenvalue weighted by Crippen LogP contribution is -2.35. The fraction of sp³-hybridized carbons (Fsp3) is 0.333. The van der Waals surface area contributed by atoms with Gasteiger partial charge in [-0.15, -0.1) is 21.5 Å². The van der Waals surface area contributed by atoms with E-state index in [1.807, 2.05) is 34.3 Å². The summed E-state index contributed by atoms with van der Waals surface area (Å²) < 4.78 is 2.00. The number of thioether (sulfide) groups is 1. The summed E-state index contributed by atoms with van der Waals surface area (Å²) in [6.07, 6.45) is 0.193. The van der Waals surface area contributed by atoms with Gasteiger partial charge in [-0.2, -0.15) is 0 Å². The lowest BCUT2D eigenvalue weighted by molar-refractivity contribution is -0.119. The molecule has 0 atom stereocenters. The first-order valence-corrected chi connectivity index (χ1v) is 8.17. The quantitative estimate of drug-likeness (QED) is 0.787. The zero-order chi connectivity index (χ0) is 15.2. The number of primary amides is 1. The van der Waals surface area contributed by atoms with Crippen molar-refractivity contribution in [1.29, 1.82) is 0 Å². The van der Waals surface area contributed by atoms with E-state index in [4.69, 9.17) is 5.73 Å². The Morgan fingerprint density at radius 3 is 2.90 bits per heavy atom. The molecule has 0 saturated heterocycles. The normalized spacial score (nSPS) is 10.5. The van der Waals surface area contributed by atoms with Gasteiger partial charge in [-0.25, -0.2) is 4.79 Å². The molecule has 112 valence electrons. The number of imide groups is 1. The van der Waals surface area contributed by atoms with Gasteiger partial charge in [0.25, 0.3) is 0 Å². The van der Waals surface area contributed by atoms with Crippen molar-refractivity contribution in [2.24, 2.45) is 5.73 Å². The van der Waals surface area contributed by atoms with Crippen LogP contribution in [-0.4, -0.2) is 32.5 Å². The van der Waals surface area contributed by atoms with Crippen molar-refractivity contribution in [3.05, 3.63) is 17.5 Å². The Balaban J connectivity index is 1.98. The van der Waals surface area contributed by atoms with Gasteiger partial charge in [0, 0.05) is 18.7 Å². The summed E-state index contributed by atoms with van der Waals surface area (Å²) in [6, 6.07) is 3.13. The van der Waals surface area contributed by atoms with E-state index >= 15 is 0 Å². The van der Waals surface area contributed by atoms with Crippen molar-refractivity contribution in [1.82, 2.24) is 20.1 Å². The Hall–Kier alpha value is -1.87. The molecule has 0 aliphatic carbocycles. The van der Waals surface area contributed by atoms with Gasteiger partial charge >= 0.3 is 6.03 Å². The van der Waals surface area contributed by atoms with Gasteiger partial charge < -0.3 is 10.3 Å². The molecular formula is C12H15N5O2S2. The van der Waals surface area contributed by atoms with E-state index in [2.05, 4.69) is 10.2 Å². The van der Waals surface area contributed by atoms with Crippen LogP contribution in [0.25, 0.3) is 10.7 Å². The fourth-order valence-electron chi connectivity index (χ4n) is 1.70. The Morgan fingerprint density at radius 1 is 1.48 bits per heavy atom. The van der Waals surface area contributed by atoms with E-state index < -0.39 is 11.9 Å². The molecule has 0 bridgehead atoms. The van der Waals surface area contributed by atoms with E-state index in [-0.39, 0.29) is 6.42 Å². The Morgan fingerprint density at radius 2 is 2.29 bits per heavy atom. The molecule has 0 fully saturated rings.